The van der Waals surface area contributed by atoms with Crippen LogP contribution in [-0.2, 0) is 10.7 Å². The summed E-state index contributed by atoms with van der Waals surface area (Å²) in [7, 11) is 1.53. The van der Waals surface area contributed by atoms with Gasteiger partial charge >= 0.3 is 0 Å². The van der Waals surface area contributed by atoms with Crippen LogP contribution in [0, 0.1) is 0 Å². The number of aromatic nitrogens is 1. The zero-order chi connectivity index (χ0) is 24.4. The maximum absolute atomic E-state index is 14.0. The van der Waals surface area contributed by atoms with Gasteiger partial charge in [0.05, 0.1) is 18.7 Å². The standard InChI is InChI=1S/C26H32F2N2O4/c1-33-23-13-11-20(21-12-14-24(32)30-25(21)23)22(31)17-29-15-7-2-3-8-16-34-18-26(27,28)19-9-5-4-6-10-19/h4-6,9-14,22,29,31H,2-3,7-8,15-18H2,1H3,(H,30,32)/t22-/m0/s1. The Bertz CT molecular complexity index is 1090. The first-order valence-corrected chi connectivity index (χ1v) is 11.5. The summed E-state index contributed by atoms with van der Waals surface area (Å²) >= 11 is 0. The minimum absolute atomic E-state index is 0.0285. The average molecular weight is 475 g/mol. The van der Waals surface area contributed by atoms with E-state index in [0.29, 0.717) is 30.0 Å². The normalized spacial score (nSPS) is 12.7. The third kappa shape index (κ3) is 7.09. The number of aromatic amines is 1. The molecule has 2 aromatic carbocycles. The molecule has 8 heteroatoms. The lowest BCUT2D eigenvalue weighted by molar-refractivity contribution is -0.0831. The Balaban J connectivity index is 1.31. The molecule has 3 aromatic rings. The van der Waals surface area contributed by atoms with Crippen molar-refractivity contribution in [1.29, 1.82) is 0 Å². The van der Waals surface area contributed by atoms with Crippen molar-refractivity contribution in [2.45, 2.75) is 37.7 Å². The van der Waals surface area contributed by atoms with Crippen molar-refractivity contribution in [2.24, 2.45) is 0 Å². The molecule has 0 aliphatic rings. The van der Waals surface area contributed by atoms with E-state index in [0.717, 1.165) is 37.6 Å². The highest BCUT2D eigenvalue weighted by atomic mass is 19.3. The second-order valence-electron chi connectivity index (χ2n) is 8.23. The van der Waals surface area contributed by atoms with E-state index >= 15 is 0 Å². The number of aliphatic hydroxyl groups excluding tert-OH is 1. The first kappa shape index (κ1) is 25.8. The molecule has 3 N–H and O–H groups in total. The Kier molecular flexibility index (Phi) is 9.56. The molecule has 6 nitrogen and oxygen atoms in total. The van der Waals surface area contributed by atoms with Crippen molar-refractivity contribution < 1.29 is 23.4 Å². The summed E-state index contributed by atoms with van der Waals surface area (Å²) in [4.78, 5) is 14.4. The van der Waals surface area contributed by atoms with Crippen LogP contribution in [0.3, 0.4) is 0 Å². The molecule has 0 fully saturated rings. The number of unbranched alkanes of at least 4 members (excludes halogenated alkanes) is 3. The number of alkyl halides is 2. The Morgan fingerprint density at radius 2 is 1.79 bits per heavy atom. The van der Waals surface area contributed by atoms with Crippen LogP contribution in [0.2, 0.25) is 0 Å². The predicted molar refractivity (Wildman–Crippen MR) is 129 cm³/mol. The number of hydrogen-bond acceptors (Lipinski definition) is 5. The van der Waals surface area contributed by atoms with Crippen molar-refractivity contribution in [3.05, 3.63) is 76.1 Å². The maximum atomic E-state index is 14.0. The zero-order valence-corrected chi connectivity index (χ0v) is 19.4. The van der Waals surface area contributed by atoms with Gasteiger partial charge in [0.25, 0.3) is 5.92 Å². The van der Waals surface area contributed by atoms with Crippen molar-refractivity contribution in [2.75, 3.05) is 33.4 Å². The van der Waals surface area contributed by atoms with Crippen LogP contribution in [-0.4, -0.2) is 43.5 Å². The summed E-state index contributed by atoms with van der Waals surface area (Å²) in [6.07, 6.45) is 2.72. The minimum atomic E-state index is -2.98. The van der Waals surface area contributed by atoms with Crippen molar-refractivity contribution in [3.63, 3.8) is 0 Å². The molecule has 1 atom stereocenters. The maximum Gasteiger partial charge on any atom is 0.296 e. The van der Waals surface area contributed by atoms with E-state index in [9.17, 15) is 18.7 Å². The molecule has 3 rings (SSSR count). The number of halogens is 2. The van der Waals surface area contributed by atoms with Crippen molar-refractivity contribution in [3.8, 4) is 5.75 Å². The van der Waals surface area contributed by atoms with Gasteiger partial charge in [-0.2, -0.15) is 8.78 Å². The Hall–Kier alpha value is -2.81. The van der Waals surface area contributed by atoms with Crippen LogP contribution in [0.15, 0.2) is 59.4 Å². The third-order valence-corrected chi connectivity index (χ3v) is 5.68. The van der Waals surface area contributed by atoms with Crippen LogP contribution < -0.4 is 15.6 Å². The number of aliphatic hydroxyl groups is 1. The van der Waals surface area contributed by atoms with E-state index in [4.69, 9.17) is 9.47 Å². The molecule has 1 heterocycles. The van der Waals surface area contributed by atoms with E-state index in [-0.39, 0.29) is 11.1 Å². The molecule has 0 aliphatic carbocycles. The third-order valence-electron chi connectivity index (χ3n) is 5.68. The first-order valence-electron chi connectivity index (χ1n) is 11.5. The lowest BCUT2D eigenvalue weighted by Gasteiger charge is -2.17. The number of rotatable bonds is 14. The molecule has 0 unspecified atom stereocenters. The second-order valence-corrected chi connectivity index (χ2v) is 8.23. The minimum Gasteiger partial charge on any atom is -0.495 e. The average Bonchev–Trinajstić information content (AvgIpc) is 2.84. The predicted octanol–water partition coefficient (Wildman–Crippen LogP) is 4.53. The summed E-state index contributed by atoms with van der Waals surface area (Å²) in [6.45, 7) is 0.804. The fourth-order valence-electron chi connectivity index (χ4n) is 3.83. The van der Waals surface area contributed by atoms with Crippen LogP contribution >= 0.6 is 0 Å². The first-order chi connectivity index (χ1) is 16.4. The molecule has 1 aromatic heterocycles. The number of pyridine rings is 1. The lowest BCUT2D eigenvalue weighted by Crippen LogP contribution is -2.23. The number of H-pyrrole nitrogens is 1. The number of nitrogens with one attached hydrogen (secondary N) is 2. The van der Waals surface area contributed by atoms with E-state index in [1.807, 2.05) is 0 Å². The molecule has 0 spiro atoms. The highest BCUT2D eigenvalue weighted by molar-refractivity contribution is 5.87. The Morgan fingerprint density at radius 3 is 2.56 bits per heavy atom. The highest BCUT2D eigenvalue weighted by Crippen LogP contribution is 2.29. The van der Waals surface area contributed by atoms with Gasteiger partial charge in [-0.05, 0) is 37.1 Å². The van der Waals surface area contributed by atoms with E-state index in [1.54, 1.807) is 36.4 Å². The van der Waals surface area contributed by atoms with Gasteiger partial charge in [0.1, 0.15) is 12.4 Å². The number of fused-ring (bicyclic) bond motifs is 1. The Morgan fingerprint density at radius 1 is 1.03 bits per heavy atom. The van der Waals surface area contributed by atoms with E-state index < -0.39 is 18.6 Å². The van der Waals surface area contributed by atoms with Crippen LogP contribution in [0.5, 0.6) is 5.75 Å². The van der Waals surface area contributed by atoms with E-state index in [1.165, 1.54) is 25.3 Å². The number of ether oxygens (including phenoxy) is 2. The van der Waals surface area contributed by atoms with Gasteiger partial charge in [-0.3, -0.25) is 4.79 Å². The van der Waals surface area contributed by atoms with Gasteiger partial charge in [-0.25, -0.2) is 0 Å². The molecule has 184 valence electrons. The van der Waals surface area contributed by atoms with E-state index in [2.05, 4.69) is 10.3 Å². The Labute approximate surface area is 197 Å². The van der Waals surface area contributed by atoms with Gasteiger partial charge < -0.3 is 24.9 Å². The quantitative estimate of drug-likeness (QED) is 0.299. The summed E-state index contributed by atoms with van der Waals surface area (Å²) in [5, 5.41) is 14.6. The molecule has 0 amide bonds. The number of hydrogen-bond donors (Lipinski definition) is 3. The van der Waals surface area contributed by atoms with Crippen molar-refractivity contribution >= 4 is 10.9 Å². The molecule has 0 bridgehead atoms. The van der Waals surface area contributed by atoms with Gasteiger partial charge in [-0.15, -0.1) is 0 Å². The fraction of sp³-hybridized carbons (Fsp3) is 0.423. The molecule has 0 radical (unpaired) electrons. The summed E-state index contributed by atoms with van der Waals surface area (Å²) in [6, 6.07) is 14.4. The van der Waals surface area contributed by atoms with Gasteiger partial charge in [0, 0.05) is 30.2 Å². The van der Waals surface area contributed by atoms with Gasteiger partial charge in [-0.1, -0.05) is 49.2 Å². The highest BCUT2D eigenvalue weighted by Gasteiger charge is 2.31. The zero-order valence-electron chi connectivity index (χ0n) is 19.4. The van der Waals surface area contributed by atoms with Crippen LogP contribution in [0.1, 0.15) is 42.9 Å². The molecule has 0 saturated carbocycles. The molecule has 34 heavy (non-hydrogen) atoms. The number of benzene rings is 2. The van der Waals surface area contributed by atoms with Crippen LogP contribution in [0.4, 0.5) is 8.78 Å². The molecule has 0 saturated heterocycles. The summed E-state index contributed by atoms with van der Waals surface area (Å²) < 4.78 is 38.5. The van der Waals surface area contributed by atoms with Gasteiger partial charge in [0.2, 0.25) is 5.56 Å². The largest absolute Gasteiger partial charge is 0.495 e. The summed E-state index contributed by atoms with van der Waals surface area (Å²) in [5.74, 6) is -2.43. The second kappa shape index (κ2) is 12.6. The van der Waals surface area contributed by atoms with Crippen LogP contribution in [0.25, 0.3) is 10.9 Å². The lowest BCUT2D eigenvalue weighted by atomic mass is 10.0. The summed E-state index contributed by atoms with van der Waals surface area (Å²) in [5.41, 5.74) is 1.02. The molecule has 0 aliphatic heterocycles. The molecular formula is C26H32F2N2O4. The van der Waals surface area contributed by atoms with Gasteiger partial charge in [0.15, 0.2) is 0 Å². The fourth-order valence-corrected chi connectivity index (χ4v) is 3.83. The topological polar surface area (TPSA) is 83.6 Å². The molecular weight excluding hydrogens is 442 g/mol. The SMILES string of the molecule is COc1ccc([C@@H](O)CNCCCCCCOCC(F)(F)c2ccccc2)c2ccc(=O)[nH]c12. The van der Waals surface area contributed by atoms with Crippen molar-refractivity contribution in [1.82, 2.24) is 10.3 Å². The monoisotopic (exact) mass is 474 g/mol. The number of methoxy groups -OCH3 is 1. The smallest absolute Gasteiger partial charge is 0.296 e.